The molecule has 1 aliphatic heterocycles. The molecule has 6 heteroatoms. The first kappa shape index (κ1) is 14.9. The summed E-state index contributed by atoms with van der Waals surface area (Å²) in [6.07, 6.45) is 1.89. The quantitative estimate of drug-likeness (QED) is 0.800. The van der Waals surface area contributed by atoms with E-state index in [2.05, 4.69) is 4.90 Å². The van der Waals surface area contributed by atoms with Gasteiger partial charge in [-0.05, 0) is 12.8 Å². The molecular formula is C14H21FN2O3. The lowest BCUT2D eigenvalue weighted by Crippen LogP contribution is -2.37. The number of nitrogens with zero attached hydrogens (tertiary/aromatic N) is 1. The zero-order chi connectivity index (χ0) is 14.5. The van der Waals surface area contributed by atoms with E-state index in [4.69, 9.17) is 20.3 Å². The number of nitrogen functional groups attached to an aromatic ring is 1. The Balaban J connectivity index is 2.03. The molecular weight excluding hydrogens is 263 g/mol. The number of nitrogens with two attached hydrogens (primary N) is 1. The molecule has 0 aliphatic carbocycles. The molecule has 0 saturated carbocycles. The van der Waals surface area contributed by atoms with Gasteiger partial charge in [0.25, 0.3) is 0 Å². The zero-order valence-corrected chi connectivity index (χ0v) is 11.6. The van der Waals surface area contributed by atoms with Gasteiger partial charge < -0.3 is 25.2 Å². The van der Waals surface area contributed by atoms with E-state index >= 15 is 0 Å². The van der Waals surface area contributed by atoms with Crippen molar-refractivity contribution in [3.63, 3.8) is 0 Å². The highest BCUT2D eigenvalue weighted by Crippen LogP contribution is 2.32. The molecule has 1 aromatic carbocycles. The minimum absolute atomic E-state index is 0.0440. The molecule has 1 aromatic rings. The van der Waals surface area contributed by atoms with Gasteiger partial charge in [0.15, 0.2) is 11.6 Å². The van der Waals surface area contributed by atoms with Crippen molar-refractivity contribution in [3.8, 4) is 5.75 Å². The molecule has 0 aromatic heterocycles. The Hall–Kier alpha value is -1.53. The van der Waals surface area contributed by atoms with Gasteiger partial charge in [-0.25, -0.2) is 4.39 Å². The molecule has 3 N–H and O–H groups in total. The van der Waals surface area contributed by atoms with Crippen molar-refractivity contribution in [3.05, 3.63) is 17.9 Å². The fraction of sp³-hybridized carbons (Fsp3) is 0.571. The van der Waals surface area contributed by atoms with Crippen LogP contribution in [-0.2, 0) is 4.74 Å². The van der Waals surface area contributed by atoms with Crippen LogP contribution in [0.15, 0.2) is 12.1 Å². The van der Waals surface area contributed by atoms with E-state index in [1.54, 1.807) is 6.07 Å². The highest BCUT2D eigenvalue weighted by Gasteiger charge is 2.22. The van der Waals surface area contributed by atoms with Crippen LogP contribution in [0.2, 0.25) is 0 Å². The average Bonchev–Trinajstić information content (AvgIpc) is 2.46. The van der Waals surface area contributed by atoms with Crippen LogP contribution in [0.5, 0.6) is 5.75 Å². The van der Waals surface area contributed by atoms with Gasteiger partial charge in [0, 0.05) is 25.2 Å². The van der Waals surface area contributed by atoms with Gasteiger partial charge in [-0.15, -0.1) is 0 Å². The summed E-state index contributed by atoms with van der Waals surface area (Å²) in [7, 11) is 1.44. The smallest absolute Gasteiger partial charge is 0.167 e. The Labute approximate surface area is 118 Å². The van der Waals surface area contributed by atoms with Gasteiger partial charge in [-0.2, -0.15) is 0 Å². The lowest BCUT2D eigenvalue weighted by molar-refractivity contribution is 0.0159. The Morgan fingerprint density at radius 1 is 1.40 bits per heavy atom. The molecule has 2 rings (SSSR count). The van der Waals surface area contributed by atoms with Crippen molar-refractivity contribution in [2.24, 2.45) is 0 Å². The number of aliphatic hydroxyl groups excluding tert-OH is 1. The van der Waals surface area contributed by atoms with E-state index in [1.165, 1.54) is 13.2 Å². The Kier molecular flexibility index (Phi) is 5.03. The van der Waals surface area contributed by atoms with E-state index in [1.807, 2.05) is 0 Å². The molecule has 0 atom stereocenters. The molecule has 20 heavy (non-hydrogen) atoms. The van der Waals surface area contributed by atoms with E-state index in [0.717, 1.165) is 31.6 Å². The molecule has 0 spiro atoms. The number of halogens is 1. The van der Waals surface area contributed by atoms with Crippen LogP contribution in [0, 0.1) is 5.82 Å². The number of piperidine rings is 1. The van der Waals surface area contributed by atoms with Crippen molar-refractivity contribution in [2.45, 2.75) is 18.9 Å². The summed E-state index contributed by atoms with van der Waals surface area (Å²) < 4.78 is 24.0. The monoisotopic (exact) mass is 284 g/mol. The third-order valence-corrected chi connectivity index (χ3v) is 3.53. The minimum Gasteiger partial charge on any atom is -0.494 e. The number of benzene rings is 1. The fourth-order valence-electron chi connectivity index (χ4n) is 2.47. The second-order valence-corrected chi connectivity index (χ2v) is 4.83. The molecule has 0 radical (unpaired) electrons. The molecule has 0 bridgehead atoms. The van der Waals surface area contributed by atoms with Crippen molar-refractivity contribution in [1.82, 2.24) is 0 Å². The predicted octanol–water partition coefficient (Wildman–Crippen LogP) is 1.39. The SMILES string of the molecule is COc1cc(N2CCC(OCCO)CC2)c(N)cc1F. The summed E-state index contributed by atoms with van der Waals surface area (Å²) in [4.78, 5) is 2.11. The highest BCUT2D eigenvalue weighted by atomic mass is 19.1. The molecule has 1 fully saturated rings. The Morgan fingerprint density at radius 2 is 2.10 bits per heavy atom. The molecule has 5 nitrogen and oxygen atoms in total. The number of ether oxygens (including phenoxy) is 2. The van der Waals surface area contributed by atoms with Crippen LogP contribution in [0.25, 0.3) is 0 Å². The topological polar surface area (TPSA) is 68.0 Å². The van der Waals surface area contributed by atoms with Gasteiger partial charge in [-0.1, -0.05) is 0 Å². The standard InChI is InChI=1S/C14H21FN2O3/c1-19-14-9-13(12(16)8-11(14)15)17-4-2-10(3-5-17)20-7-6-18/h8-10,18H,2-7,16H2,1H3. The van der Waals surface area contributed by atoms with Gasteiger partial charge in [0.1, 0.15) is 0 Å². The number of hydrogen-bond donors (Lipinski definition) is 2. The molecule has 0 unspecified atom stereocenters. The van der Waals surface area contributed by atoms with Crippen LogP contribution in [0.3, 0.4) is 0 Å². The third kappa shape index (κ3) is 3.32. The van der Waals surface area contributed by atoms with Gasteiger partial charge in [0.2, 0.25) is 0 Å². The van der Waals surface area contributed by atoms with Crippen LogP contribution >= 0.6 is 0 Å². The van der Waals surface area contributed by atoms with Crippen molar-refractivity contribution >= 4 is 11.4 Å². The molecule has 112 valence electrons. The first-order chi connectivity index (χ1) is 9.65. The van der Waals surface area contributed by atoms with E-state index in [0.29, 0.717) is 12.3 Å². The maximum Gasteiger partial charge on any atom is 0.167 e. The van der Waals surface area contributed by atoms with Gasteiger partial charge in [-0.3, -0.25) is 0 Å². The van der Waals surface area contributed by atoms with Crippen LogP contribution < -0.4 is 15.4 Å². The van der Waals surface area contributed by atoms with Crippen LogP contribution in [-0.4, -0.2) is 44.6 Å². The van der Waals surface area contributed by atoms with Crippen molar-refractivity contribution in [2.75, 3.05) is 44.0 Å². The summed E-state index contributed by atoms with van der Waals surface area (Å²) in [5, 5.41) is 8.75. The van der Waals surface area contributed by atoms with Crippen molar-refractivity contribution in [1.29, 1.82) is 0 Å². The highest BCUT2D eigenvalue weighted by molar-refractivity contribution is 5.70. The predicted molar refractivity (Wildman–Crippen MR) is 75.6 cm³/mol. The number of anilines is 2. The van der Waals surface area contributed by atoms with Crippen molar-refractivity contribution < 1.29 is 19.0 Å². The van der Waals surface area contributed by atoms with Gasteiger partial charge >= 0.3 is 0 Å². The average molecular weight is 284 g/mol. The normalized spacial score (nSPS) is 16.4. The Morgan fingerprint density at radius 3 is 2.70 bits per heavy atom. The first-order valence-electron chi connectivity index (χ1n) is 6.76. The van der Waals surface area contributed by atoms with E-state index in [9.17, 15) is 4.39 Å². The summed E-state index contributed by atoms with van der Waals surface area (Å²) in [6, 6.07) is 2.93. The second kappa shape index (κ2) is 6.76. The molecule has 0 amide bonds. The zero-order valence-electron chi connectivity index (χ0n) is 11.6. The lowest BCUT2D eigenvalue weighted by Gasteiger charge is -2.34. The summed E-state index contributed by atoms with van der Waals surface area (Å²) >= 11 is 0. The summed E-state index contributed by atoms with van der Waals surface area (Å²) in [5.41, 5.74) is 7.10. The molecule has 1 saturated heterocycles. The van der Waals surface area contributed by atoms with E-state index < -0.39 is 5.82 Å². The van der Waals surface area contributed by atoms with Gasteiger partial charge in [0.05, 0.1) is 37.8 Å². The lowest BCUT2D eigenvalue weighted by atomic mass is 10.1. The minimum atomic E-state index is -0.449. The van der Waals surface area contributed by atoms with Crippen LogP contribution in [0.1, 0.15) is 12.8 Å². The van der Waals surface area contributed by atoms with E-state index in [-0.39, 0.29) is 18.5 Å². The summed E-state index contributed by atoms with van der Waals surface area (Å²) in [6.45, 7) is 1.99. The largest absolute Gasteiger partial charge is 0.494 e. The van der Waals surface area contributed by atoms with Crippen LogP contribution in [0.4, 0.5) is 15.8 Å². The molecule has 1 heterocycles. The fourth-order valence-corrected chi connectivity index (χ4v) is 2.47. The number of aliphatic hydroxyl groups is 1. The number of hydrogen-bond acceptors (Lipinski definition) is 5. The molecule has 1 aliphatic rings. The maximum absolute atomic E-state index is 13.5. The number of methoxy groups -OCH3 is 1. The first-order valence-corrected chi connectivity index (χ1v) is 6.76. The maximum atomic E-state index is 13.5. The number of rotatable bonds is 5. The Bertz CT molecular complexity index is 448. The third-order valence-electron chi connectivity index (χ3n) is 3.53. The second-order valence-electron chi connectivity index (χ2n) is 4.83. The summed E-state index contributed by atoms with van der Waals surface area (Å²) in [5.74, 6) is -0.247.